The van der Waals surface area contributed by atoms with Gasteiger partial charge in [-0.1, -0.05) is 0 Å². The van der Waals surface area contributed by atoms with Crippen LogP contribution in [0.4, 0.5) is 4.79 Å². The third-order valence-corrected chi connectivity index (χ3v) is 6.40. The van der Waals surface area contributed by atoms with Crippen molar-refractivity contribution in [2.75, 3.05) is 13.1 Å². The number of thiophene rings is 1. The first-order valence-electron chi connectivity index (χ1n) is 9.18. The van der Waals surface area contributed by atoms with Gasteiger partial charge in [-0.15, -0.1) is 22.7 Å². The topological polar surface area (TPSA) is 91.4 Å². The van der Waals surface area contributed by atoms with E-state index in [1.807, 2.05) is 6.92 Å². The first-order valence-corrected chi connectivity index (χ1v) is 10.9. The van der Waals surface area contributed by atoms with E-state index in [4.69, 9.17) is 0 Å². The normalized spacial score (nSPS) is 15.8. The number of thiazole rings is 1. The molecule has 0 aliphatic carbocycles. The molecule has 0 atom stereocenters. The summed E-state index contributed by atoms with van der Waals surface area (Å²) in [5.41, 5.74) is 0.141. The molecule has 3 heterocycles. The highest BCUT2D eigenvalue weighted by Gasteiger charge is 2.43. The van der Waals surface area contributed by atoms with E-state index in [1.54, 1.807) is 36.5 Å². The Hall–Kier alpha value is -2.26. The molecule has 4 amide bonds. The molecule has 0 saturated carbocycles. The van der Waals surface area contributed by atoms with Crippen LogP contribution in [0.5, 0.6) is 0 Å². The Morgan fingerprint density at radius 2 is 2.11 bits per heavy atom. The molecule has 2 aromatic heterocycles. The van der Waals surface area contributed by atoms with Crippen LogP contribution in [0.25, 0.3) is 10.6 Å². The smallest absolute Gasteiger partial charge is 0.325 e. The van der Waals surface area contributed by atoms with E-state index in [0.29, 0.717) is 13.0 Å². The summed E-state index contributed by atoms with van der Waals surface area (Å²) in [5, 5.41) is 8.64. The number of imide groups is 1. The first kappa shape index (κ1) is 20.5. The first-order chi connectivity index (χ1) is 13.3. The van der Waals surface area contributed by atoms with Gasteiger partial charge in [0, 0.05) is 29.8 Å². The molecule has 7 nitrogen and oxygen atoms in total. The number of rotatable bonds is 8. The summed E-state index contributed by atoms with van der Waals surface area (Å²) >= 11 is 3.33. The zero-order valence-electron chi connectivity index (χ0n) is 16.2. The zero-order chi connectivity index (χ0) is 20.3. The number of amides is 4. The molecular formula is C19H24N4O3S2. The number of aromatic nitrogens is 1. The predicted octanol–water partition coefficient (Wildman–Crippen LogP) is 2.95. The highest BCUT2D eigenvalue weighted by Crippen LogP contribution is 2.29. The SMILES string of the molecule is Cc1nc(-c2ccc(CCNC(=O)CCCN3C(=O)NC(C)(C)C3=O)s2)cs1. The number of hydrogen-bond donors (Lipinski definition) is 2. The van der Waals surface area contributed by atoms with E-state index in [0.717, 1.165) is 22.0 Å². The maximum absolute atomic E-state index is 12.1. The molecule has 0 spiro atoms. The molecule has 9 heteroatoms. The minimum absolute atomic E-state index is 0.0711. The average Bonchev–Trinajstić information content (AvgIpc) is 3.30. The van der Waals surface area contributed by atoms with Gasteiger partial charge >= 0.3 is 6.03 Å². The van der Waals surface area contributed by atoms with Crippen LogP contribution < -0.4 is 10.6 Å². The van der Waals surface area contributed by atoms with E-state index >= 15 is 0 Å². The molecule has 2 N–H and O–H groups in total. The van der Waals surface area contributed by atoms with Crippen molar-refractivity contribution in [2.24, 2.45) is 0 Å². The van der Waals surface area contributed by atoms with Crippen LogP contribution in [0.15, 0.2) is 17.5 Å². The van der Waals surface area contributed by atoms with Gasteiger partial charge in [-0.2, -0.15) is 0 Å². The largest absolute Gasteiger partial charge is 0.356 e. The molecule has 0 unspecified atom stereocenters. The lowest BCUT2D eigenvalue weighted by Gasteiger charge is -2.15. The summed E-state index contributed by atoms with van der Waals surface area (Å²) in [7, 11) is 0. The molecule has 28 heavy (non-hydrogen) atoms. The fraction of sp³-hybridized carbons (Fsp3) is 0.474. The van der Waals surface area contributed by atoms with E-state index in [9.17, 15) is 14.4 Å². The van der Waals surface area contributed by atoms with Crippen molar-refractivity contribution in [1.29, 1.82) is 0 Å². The summed E-state index contributed by atoms with van der Waals surface area (Å²) in [5.74, 6) is -0.320. The molecule has 0 radical (unpaired) electrons. The van der Waals surface area contributed by atoms with E-state index < -0.39 is 5.54 Å². The van der Waals surface area contributed by atoms with Crippen LogP contribution in [-0.4, -0.2) is 46.4 Å². The Morgan fingerprint density at radius 1 is 1.32 bits per heavy atom. The van der Waals surface area contributed by atoms with Crippen molar-refractivity contribution in [3.05, 3.63) is 27.4 Å². The standard InChI is InChI=1S/C19H24N4O3S2/c1-12-21-14(11-27-12)15-7-6-13(28-15)8-9-20-16(24)5-4-10-23-17(25)19(2,3)22-18(23)26/h6-7,11H,4-5,8-10H2,1-3H3,(H,20,24)(H,22,26). The summed E-state index contributed by atoms with van der Waals surface area (Å²) in [6, 6.07) is 3.75. The van der Waals surface area contributed by atoms with Gasteiger partial charge in [0.2, 0.25) is 5.91 Å². The van der Waals surface area contributed by atoms with Crippen molar-refractivity contribution in [3.8, 4) is 10.6 Å². The van der Waals surface area contributed by atoms with Crippen molar-refractivity contribution < 1.29 is 14.4 Å². The van der Waals surface area contributed by atoms with Gasteiger partial charge in [0.25, 0.3) is 5.91 Å². The van der Waals surface area contributed by atoms with Gasteiger partial charge in [-0.25, -0.2) is 9.78 Å². The lowest BCUT2D eigenvalue weighted by atomic mass is 10.1. The maximum atomic E-state index is 12.1. The second-order valence-electron chi connectivity index (χ2n) is 7.23. The average molecular weight is 421 g/mol. The Bertz CT molecular complexity index is 887. The van der Waals surface area contributed by atoms with Gasteiger partial charge in [0.05, 0.1) is 15.6 Å². The number of urea groups is 1. The Morgan fingerprint density at radius 3 is 2.75 bits per heavy atom. The quantitative estimate of drug-likeness (QED) is 0.643. The van der Waals surface area contributed by atoms with Gasteiger partial charge < -0.3 is 10.6 Å². The number of nitrogens with zero attached hydrogens (tertiary/aromatic N) is 2. The van der Waals surface area contributed by atoms with Crippen LogP contribution in [0.2, 0.25) is 0 Å². The van der Waals surface area contributed by atoms with Gasteiger partial charge in [0.1, 0.15) is 5.54 Å². The minimum Gasteiger partial charge on any atom is -0.356 e. The van der Waals surface area contributed by atoms with Crippen LogP contribution in [0, 0.1) is 6.92 Å². The zero-order valence-corrected chi connectivity index (χ0v) is 17.8. The number of carbonyl (C=O) groups excluding carboxylic acids is 3. The third-order valence-electron chi connectivity index (χ3n) is 4.46. The Balaban J connectivity index is 1.37. The molecule has 3 rings (SSSR count). The minimum atomic E-state index is -0.865. The van der Waals surface area contributed by atoms with Crippen molar-refractivity contribution >= 4 is 40.5 Å². The molecule has 1 saturated heterocycles. The van der Waals surface area contributed by atoms with Crippen LogP contribution >= 0.6 is 22.7 Å². The fourth-order valence-corrected chi connectivity index (χ4v) is 4.61. The van der Waals surface area contributed by atoms with E-state index in [2.05, 4.69) is 33.1 Å². The van der Waals surface area contributed by atoms with Crippen molar-refractivity contribution in [2.45, 2.75) is 45.6 Å². The number of carbonyl (C=O) groups is 3. The Labute approximate surface area is 172 Å². The molecule has 0 aromatic carbocycles. The van der Waals surface area contributed by atoms with Gasteiger partial charge in [0.15, 0.2) is 0 Å². The predicted molar refractivity (Wildman–Crippen MR) is 110 cm³/mol. The lowest BCUT2D eigenvalue weighted by molar-refractivity contribution is -0.130. The van der Waals surface area contributed by atoms with Gasteiger partial charge in [-0.3, -0.25) is 14.5 Å². The molecule has 0 bridgehead atoms. The second kappa shape index (κ2) is 8.40. The molecule has 2 aromatic rings. The van der Waals surface area contributed by atoms with Crippen molar-refractivity contribution in [1.82, 2.24) is 20.5 Å². The number of aryl methyl sites for hydroxylation is 1. The van der Waals surface area contributed by atoms with Crippen LogP contribution in [-0.2, 0) is 16.0 Å². The Kier molecular flexibility index (Phi) is 6.14. The summed E-state index contributed by atoms with van der Waals surface area (Å²) in [6.07, 6.45) is 1.50. The molecule has 1 fully saturated rings. The number of nitrogens with one attached hydrogen (secondary N) is 2. The van der Waals surface area contributed by atoms with Crippen LogP contribution in [0.1, 0.15) is 36.6 Å². The fourth-order valence-electron chi connectivity index (χ4n) is 2.96. The van der Waals surface area contributed by atoms with E-state index in [1.165, 1.54) is 9.78 Å². The van der Waals surface area contributed by atoms with Crippen molar-refractivity contribution in [3.63, 3.8) is 0 Å². The summed E-state index contributed by atoms with van der Waals surface area (Å²) < 4.78 is 0. The highest BCUT2D eigenvalue weighted by atomic mass is 32.1. The summed E-state index contributed by atoms with van der Waals surface area (Å²) in [6.45, 7) is 6.15. The van der Waals surface area contributed by atoms with E-state index in [-0.39, 0.29) is 30.8 Å². The van der Waals surface area contributed by atoms with Crippen LogP contribution in [0.3, 0.4) is 0 Å². The third kappa shape index (κ3) is 4.77. The summed E-state index contributed by atoms with van der Waals surface area (Å²) in [4.78, 5) is 43.9. The highest BCUT2D eigenvalue weighted by molar-refractivity contribution is 7.16. The maximum Gasteiger partial charge on any atom is 0.325 e. The monoisotopic (exact) mass is 420 g/mol. The second-order valence-corrected chi connectivity index (χ2v) is 9.46. The molecule has 1 aliphatic rings. The molecule has 150 valence electrons. The molecular weight excluding hydrogens is 396 g/mol. The molecule has 1 aliphatic heterocycles. The van der Waals surface area contributed by atoms with Gasteiger partial charge in [-0.05, 0) is 45.7 Å². The lowest BCUT2D eigenvalue weighted by Crippen LogP contribution is -2.40. The number of hydrogen-bond acceptors (Lipinski definition) is 6.